The summed E-state index contributed by atoms with van der Waals surface area (Å²) in [5, 5.41) is 20.8. The predicted octanol–water partition coefficient (Wildman–Crippen LogP) is -1.85. The molecule has 0 radical (unpaired) electrons. The minimum absolute atomic E-state index is 0.0347. The van der Waals surface area contributed by atoms with Crippen LogP contribution in [0.15, 0.2) is 37.2 Å². The third kappa shape index (κ3) is 7.01. The van der Waals surface area contributed by atoms with Gasteiger partial charge in [-0.1, -0.05) is 0 Å². The number of anilines is 1. The molecule has 0 saturated carbocycles. The zero-order valence-corrected chi connectivity index (χ0v) is 26.1. The van der Waals surface area contributed by atoms with E-state index in [9.17, 15) is 43.4 Å². The van der Waals surface area contributed by atoms with Gasteiger partial charge in [0.1, 0.15) is 47.9 Å². The summed E-state index contributed by atoms with van der Waals surface area (Å²) < 4.78 is 75.3. The number of carbonyl (C=O) groups is 1. The first kappa shape index (κ1) is 34.1. The molecule has 3 saturated heterocycles. The lowest BCUT2D eigenvalue weighted by Gasteiger charge is -2.21. The molecular formula is C21H27N7O16P3+. The van der Waals surface area contributed by atoms with Crippen LogP contribution in [0.2, 0.25) is 0 Å². The Hall–Kier alpha value is -2.82. The number of nitrogens with zero attached hydrogens (tertiary/aromatic N) is 5. The standard InChI is InChI=1S/C21H26N7O16P3/c22-17-12-19(25-7-24-17)28(8-26-12)21-16-15(42-47(36,37)43-16)11(41-21)6-39-46(34,35)44-45(32,33)38-5-10-13(29)14(30)20(40-10)27-3-1-2-9(4-27)18(23)31/h1-4,7-8,10-11,13-16,20-21,29-30H,5-6H2,(H6-,22,23,24,25,31,32,33,34,35,36,37)/p+1. The molecular weight excluding hydrogens is 699 g/mol. The monoisotopic (exact) mass is 726 g/mol. The number of nitrogen functional groups attached to an aromatic ring is 1. The molecule has 3 aromatic heterocycles. The number of ether oxygens (including phenoxy) is 2. The number of amides is 1. The quantitative estimate of drug-likeness (QED) is 0.0842. The number of aliphatic hydroxyl groups excluding tert-OH is 2. The maximum absolute atomic E-state index is 12.6. The highest BCUT2D eigenvalue weighted by atomic mass is 31.3. The van der Waals surface area contributed by atoms with Crippen LogP contribution in [0.1, 0.15) is 22.8 Å². The zero-order chi connectivity index (χ0) is 33.9. The van der Waals surface area contributed by atoms with Crippen molar-refractivity contribution >= 4 is 46.4 Å². The predicted molar refractivity (Wildman–Crippen MR) is 147 cm³/mol. The van der Waals surface area contributed by atoms with E-state index in [0.717, 1.165) is 6.33 Å². The second-order valence-electron chi connectivity index (χ2n) is 10.3. The van der Waals surface area contributed by atoms with E-state index in [1.807, 2.05) is 0 Å². The van der Waals surface area contributed by atoms with Crippen LogP contribution in [0.4, 0.5) is 5.82 Å². The van der Waals surface area contributed by atoms with E-state index in [1.165, 1.54) is 40.0 Å². The fourth-order valence-electron chi connectivity index (χ4n) is 5.12. The van der Waals surface area contributed by atoms with Crippen molar-refractivity contribution in [1.29, 1.82) is 0 Å². The summed E-state index contributed by atoms with van der Waals surface area (Å²) in [4.78, 5) is 53.7. The van der Waals surface area contributed by atoms with E-state index in [-0.39, 0.29) is 22.5 Å². The first-order chi connectivity index (χ1) is 22.0. The molecule has 3 aliphatic heterocycles. The van der Waals surface area contributed by atoms with Crippen molar-refractivity contribution in [3.05, 3.63) is 42.7 Å². The highest BCUT2D eigenvalue weighted by Crippen LogP contribution is 2.62. The topological polar surface area (TPSA) is 334 Å². The van der Waals surface area contributed by atoms with E-state index in [1.54, 1.807) is 0 Å². The fourth-order valence-corrected chi connectivity index (χ4v) is 8.35. The molecule has 3 aromatic rings. The minimum Gasteiger partial charge on any atom is -0.387 e. The number of phosphoric acid groups is 3. The summed E-state index contributed by atoms with van der Waals surface area (Å²) in [5.74, 6) is -0.738. The second kappa shape index (κ2) is 12.6. The van der Waals surface area contributed by atoms with Crippen LogP contribution in [0.3, 0.4) is 0 Å². The highest BCUT2D eigenvalue weighted by Gasteiger charge is 2.58. The summed E-state index contributed by atoms with van der Waals surface area (Å²) in [7, 11) is -15.4. The average molecular weight is 726 g/mol. The Bertz CT molecular complexity index is 1830. The lowest BCUT2D eigenvalue weighted by molar-refractivity contribution is -0.765. The number of rotatable bonds is 11. The molecule has 3 fully saturated rings. The van der Waals surface area contributed by atoms with Crippen molar-refractivity contribution in [2.75, 3.05) is 18.9 Å². The molecule has 0 aromatic carbocycles. The Morgan fingerprint density at radius 3 is 2.43 bits per heavy atom. The van der Waals surface area contributed by atoms with Crippen LogP contribution in [-0.2, 0) is 45.6 Å². The molecule has 6 heterocycles. The van der Waals surface area contributed by atoms with E-state index >= 15 is 0 Å². The number of pyridine rings is 1. The number of carbonyl (C=O) groups excluding carboxylic acids is 1. The van der Waals surface area contributed by atoms with E-state index in [2.05, 4.69) is 19.3 Å². The van der Waals surface area contributed by atoms with Crippen molar-refractivity contribution in [2.45, 2.75) is 49.1 Å². The molecule has 256 valence electrons. The third-order valence-corrected chi connectivity index (χ3v) is 10.8. The number of primary amides is 1. The van der Waals surface area contributed by atoms with Crippen molar-refractivity contribution in [1.82, 2.24) is 19.5 Å². The summed E-state index contributed by atoms with van der Waals surface area (Å²) in [5.41, 5.74) is 11.5. The van der Waals surface area contributed by atoms with Gasteiger partial charge in [-0.2, -0.15) is 8.88 Å². The minimum atomic E-state index is -5.43. The van der Waals surface area contributed by atoms with Crippen LogP contribution in [-0.4, -0.2) is 100 Å². The first-order valence-electron chi connectivity index (χ1n) is 13.3. The van der Waals surface area contributed by atoms with Gasteiger partial charge in [0.2, 0.25) is 0 Å². The van der Waals surface area contributed by atoms with Gasteiger partial charge in [0.05, 0.1) is 19.5 Å². The molecule has 3 aliphatic rings. The van der Waals surface area contributed by atoms with Gasteiger partial charge in [-0.15, -0.1) is 0 Å². The van der Waals surface area contributed by atoms with Gasteiger partial charge >= 0.3 is 23.5 Å². The van der Waals surface area contributed by atoms with Gasteiger partial charge in [0, 0.05) is 6.07 Å². The van der Waals surface area contributed by atoms with E-state index in [4.69, 9.17) is 39.0 Å². The SMILES string of the molecule is NC(=O)c1ccc[n+](C2OC(COP(=O)(O)OP(=O)(O)OCC3OC(n4cnc5c(N)ncnc54)C4OP(=O)(O)OC34)C(O)C2O)c1. The van der Waals surface area contributed by atoms with Gasteiger partial charge in [-0.25, -0.2) is 28.6 Å². The Kier molecular flexibility index (Phi) is 9.11. The largest absolute Gasteiger partial charge is 0.481 e. The fraction of sp³-hybridized carbons (Fsp3) is 0.476. The van der Waals surface area contributed by atoms with Gasteiger partial charge in [0.25, 0.3) is 12.1 Å². The molecule has 6 rings (SSSR count). The van der Waals surface area contributed by atoms with Gasteiger partial charge in [0.15, 0.2) is 36.2 Å². The number of imidazole rings is 1. The van der Waals surface area contributed by atoms with Crippen LogP contribution in [0, 0.1) is 0 Å². The number of fused-ring (bicyclic) bond motifs is 2. The molecule has 9 N–H and O–H groups in total. The Balaban J connectivity index is 1.08. The number of aromatic nitrogens is 5. The normalized spacial score (nSPS) is 34.7. The Morgan fingerprint density at radius 1 is 1.04 bits per heavy atom. The van der Waals surface area contributed by atoms with Gasteiger partial charge in [-0.05, 0) is 6.07 Å². The third-order valence-electron chi connectivity index (χ3n) is 7.20. The lowest BCUT2D eigenvalue weighted by atomic mass is 10.1. The molecule has 0 spiro atoms. The summed E-state index contributed by atoms with van der Waals surface area (Å²) in [6, 6.07) is 2.82. The van der Waals surface area contributed by atoms with Crippen molar-refractivity contribution in [3.8, 4) is 0 Å². The van der Waals surface area contributed by atoms with Crippen LogP contribution < -0.4 is 16.0 Å². The van der Waals surface area contributed by atoms with Crippen LogP contribution >= 0.6 is 23.5 Å². The van der Waals surface area contributed by atoms with E-state index < -0.39 is 91.7 Å². The van der Waals surface area contributed by atoms with Crippen molar-refractivity contribution in [2.24, 2.45) is 5.73 Å². The number of phosphoric ester groups is 3. The molecule has 11 unspecified atom stereocenters. The second-order valence-corrected chi connectivity index (χ2v) is 14.7. The van der Waals surface area contributed by atoms with Crippen molar-refractivity contribution < 1.29 is 79.8 Å². The van der Waals surface area contributed by atoms with Crippen LogP contribution in [0.25, 0.3) is 11.2 Å². The number of aliphatic hydroxyl groups is 2. The van der Waals surface area contributed by atoms with Crippen LogP contribution in [0.5, 0.6) is 0 Å². The molecule has 0 bridgehead atoms. The number of hydrogen-bond acceptors (Lipinski definition) is 17. The number of hydrogen-bond donors (Lipinski definition) is 7. The maximum Gasteiger partial charge on any atom is 0.481 e. The average Bonchev–Trinajstić information content (AvgIpc) is 3.72. The lowest BCUT2D eigenvalue weighted by Crippen LogP contribution is -2.46. The number of nitrogens with two attached hydrogens (primary N) is 2. The van der Waals surface area contributed by atoms with Gasteiger partial charge < -0.3 is 45.8 Å². The smallest absolute Gasteiger partial charge is 0.387 e. The Labute approximate surface area is 262 Å². The summed E-state index contributed by atoms with van der Waals surface area (Å²) >= 11 is 0. The van der Waals surface area contributed by atoms with Gasteiger partial charge in [-0.3, -0.25) is 27.5 Å². The molecule has 23 nitrogen and oxygen atoms in total. The molecule has 0 aliphatic carbocycles. The summed E-state index contributed by atoms with van der Waals surface area (Å²) in [6.45, 7) is -1.81. The zero-order valence-electron chi connectivity index (χ0n) is 23.5. The molecule has 1 amide bonds. The Morgan fingerprint density at radius 2 is 1.72 bits per heavy atom. The maximum atomic E-state index is 12.6. The molecule has 11 atom stereocenters. The summed E-state index contributed by atoms with van der Waals surface area (Å²) in [6.07, 6.45) is -6.17. The highest BCUT2D eigenvalue weighted by molar-refractivity contribution is 7.61. The molecule has 26 heteroatoms. The first-order valence-corrected chi connectivity index (χ1v) is 17.8. The van der Waals surface area contributed by atoms with Crippen molar-refractivity contribution in [3.63, 3.8) is 0 Å². The molecule has 47 heavy (non-hydrogen) atoms. The van der Waals surface area contributed by atoms with E-state index in [0.29, 0.717) is 0 Å².